The summed E-state index contributed by atoms with van der Waals surface area (Å²) in [6, 6.07) is 14.3. The third-order valence-electron chi connectivity index (χ3n) is 5.46. The molecule has 8 heteroatoms. The Hall–Kier alpha value is -4.46. The zero-order valence-electron chi connectivity index (χ0n) is 18.2. The van der Waals surface area contributed by atoms with E-state index in [2.05, 4.69) is 9.97 Å². The number of rotatable bonds is 5. The summed E-state index contributed by atoms with van der Waals surface area (Å²) >= 11 is 0. The molecule has 0 aliphatic rings. The molecular formula is C25H21N3O5. The van der Waals surface area contributed by atoms with Crippen molar-refractivity contribution in [2.45, 2.75) is 6.92 Å². The Labute approximate surface area is 188 Å². The fourth-order valence-electron chi connectivity index (χ4n) is 3.84. The Balaban J connectivity index is 1.78. The molecule has 0 amide bonds. The van der Waals surface area contributed by atoms with Gasteiger partial charge in [-0.25, -0.2) is 4.98 Å². The minimum absolute atomic E-state index is 0.0222. The molecule has 0 aliphatic heterocycles. The van der Waals surface area contributed by atoms with Gasteiger partial charge < -0.3 is 29.0 Å². The van der Waals surface area contributed by atoms with Crippen molar-refractivity contribution < 1.29 is 19.0 Å². The van der Waals surface area contributed by atoms with Gasteiger partial charge in [-0.2, -0.15) is 0 Å². The quantitative estimate of drug-likeness (QED) is 0.357. The highest BCUT2D eigenvalue weighted by Gasteiger charge is 2.23. The molecule has 3 aromatic heterocycles. The molecule has 0 fully saturated rings. The molecule has 0 saturated heterocycles. The Morgan fingerprint density at radius 1 is 1.03 bits per heavy atom. The van der Waals surface area contributed by atoms with Crippen LogP contribution in [0.2, 0.25) is 0 Å². The fourth-order valence-corrected chi connectivity index (χ4v) is 3.84. The van der Waals surface area contributed by atoms with Gasteiger partial charge in [0.25, 0.3) is 0 Å². The molecule has 0 aliphatic carbocycles. The monoisotopic (exact) mass is 443 g/mol. The minimum Gasteiger partial charge on any atom is -0.501 e. The highest BCUT2D eigenvalue weighted by molar-refractivity contribution is 5.96. The van der Waals surface area contributed by atoms with E-state index in [1.165, 1.54) is 6.07 Å². The van der Waals surface area contributed by atoms with Crippen molar-refractivity contribution in [1.82, 2.24) is 15.0 Å². The van der Waals surface area contributed by atoms with E-state index in [1.54, 1.807) is 21.1 Å². The van der Waals surface area contributed by atoms with Crippen molar-refractivity contribution in [3.05, 3.63) is 70.7 Å². The van der Waals surface area contributed by atoms with Gasteiger partial charge in [0.05, 0.1) is 14.2 Å². The average Bonchev–Trinajstić information content (AvgIpc) is 3.45. The molecule has 5 aromatic rings. The number of nitrogens with one attached hydrogen (secondary N) is 2. The number of H-pyrrole nitrogens is 2. The Morgan fingerprint density at radius 3 is 2.61 bits per heavy atom. The summed E-state index contributed by atoms with van der Waals surface area (Å²) < 4.78 is 16.5. The van der Waals surface area contributed by atoms with E-state index in [0.717, 1.165) is 22.0 Å². The lowest BCUT2D eigenvalue weighted by Crippen LogP contribution is -2.01. The topological polar surface area (TPSA) is 113 Å². The highest BCUT2D eigenvalue weighted by atomic mass is 16.5. The molecule has 166 valence electrons. The van der Waals surface area contributed by atoms with Crippen molar-refractivity contribution in [2.24, 2.45) is 0 Å². The van der Waals surface area contributed by atoms with E-state index < -0.39 is 11.2 Å². The number of aromatic hydroxyl groups is 1. The van der Waals surface area contributed by atoms with Crippen LogP contribution in [0.5, 0.6) is 17.2 Å². The van der Waals surface area contributed by atoms with Gasteiger partial charge in [0.1, 0.15) is 34.5 Å². The molecule has 3 heterocycles. The van der Waals surface area contributed by atoms with Gasteiger partial charge in [-0.3, -0.25) is 4.79 Å². The molecule has 33 heavy (non-hydrogen) atoms. The summed E-state index contributed by atoms with van der Waals surface area (Å²) in [6.45, 7) is 1.65. The van der Waals surface area contributed by atoms with Crippen LogP contribution in [-0.4, -0.2) is 34.3 Å². The molecule has 5 rings (SSSR count). The lowest BCUT2D eigenvalue weighted by molar-refractivity contribution is 0.415. The maximum Gasteiger partial charge on any atom is 0.227 e. The molecule has 8 nitrogen and oxygen atoms in total. The van der Waals surface area contributed by atoms with Gasteiger partial charge in [0.15, 0.2) is 5.76 Å². The third kappa shape index (κ3) is 3.51. The van der Waals surface area contributed by atoms with Crippen molar-refractivity contribution in [3.8, 4) is 51.3 Å². The highest BCUT2D eigenvalue weighted by Crippen LogP contribution is 2.39. The second-order valence-electron chi connectivity index (χ2n) is 7.55. The van der Waals surface area contributed by atoms with E-state index in [-0.39, 0.29) is 5.76 Å². The summed E-state index contributed by atoms with van der Waals surface area (Å²) in [5.41, 5.74) is 2.80. The van der Waals surface area contributed by atoms with Crippen molar-refractivity contribution in [1.29, 1.82) is 0 Å². The van der Waals surface area contributed by atoms with Gasteiger partial charge in [0.2, 0.25) is 11.2 Å². The Kier molecular flexibility index (Phi) is 4.90. The number of hydrogen-bond donors (Lipinski definition) is 3. The number of aromatic amines is 2. The van der Waals surface area contributed by atoms with E-state index in [1.807, 2.05) is 48.7 Å². The van der Waals surface area contributed by atoms with Crippen molar-refractivity contribution in [3.63, 3.8) is 0 Å². The van der Waals surface area contributed by atoms with Crippen LogP contribution in [0, 0.1) is 6.92 Å². The van der Waals surface area contributed by atoms with Crippen molar-refractivity contribution >= 4 is 10.9 Å². The Morgan fingerprint density at radius 2 is 1.82 bits per heavy atom. The second kappa shape index (κ2) is 7.90. The number of imidazole rings is 1. The summed E-state index contributed by atoms with van der Waals surface area (Å²) in [5.74, 6) is 1.80. The number of benzene rings is 2. The maximum absolute atomic E-state index is 12.3. The first-order chi connectivity index (χ1) is 16.0. The first kappa shape index (κ1) is 20.4. The van der Waals surface area contributed by atoms with Gasteiger partial charge in [-0.15, -0.1) is 0 Å². The number of nitrogens with zero attached hydrogens (tertiary/aromatic N) is 1. The number of fused-ring (bicyclic) bond motifs is 1. The number of methoxy groups -OCH3 is 2. The van der Waals surface area contributed by atoms with Crippen LogP contribution >= 0.6 is 0 Å². The number of aryl methyl sites for hydroxylation is 1. The van der Waals surface area contributed by atoms with Crippen LogP contribution in [0.25, 0.3) is 45.0 Å². The van der Waals surface area contributed by atoms with Crippen LogP contribution in [0.3, 0.4) is 0 Å². The second-order valence-corrected chi connectivity index (χ2v) is 7.55. The predicted octanol–water partition coefficient (Wildman–Crippen LogP) is 4.88. The third-order valence-corrected chi connectivity index (χ3v) is 5.46. The van der Waals surface area contributed by atoms with Crippen LogP contribution in [0.4, 0.5) is 0 Å². The van der Waals surface area contributed by atoms with E-state index in [9.17, 15) is 9.90 Å². The zero-order valence-corrected chi connectivity index (χ0v) is 18.2. The fraction of sp³-hybridized carbons (Fsp3) is 0.120. The van der Waals surface area contributed by atoms with E-state index in [4.69, 9.17) is 18.9 Å². The molecule has 0 unspecified atom stereocenters. The van der Waals surface area contributed by atoms with Crippen LogP contribution in [0.15, 0.2) is 63.9 Å². The maximum atomic E-state index is 12.3. The van der Waals surface area contributed by atoms with Crippen LogP contribution < -0.4 is 14.9 Å². The van der Waals surface area contributed by atoms with E-state index >= 15 is 0 Å². The molecule has 0 radical (unpaired) electrons. The van der Waals surface area contributed by atoms with Crippen LogP contribution in [0.1, 0.15) is 5.76 Å². The van der Waals surface area contributed by atoms with Crippen LogP contribution in [-0.2, 0) is 0 Å². The minimum atomic E-state index is -0.529. The van der Waals surface area contributed by atoms with Crippen molar-refractivity contribution in [2.75, 3.05) is 14.2 Å². The molecule has 0 saturated carbocycles. The normalized spacial score (nSPS) is 11.1. The number of ether oxygens (including phenoxy) is 2. The lowest BCUT2D eigenvalue weighted by Gasteiger charge is -2.06. The summed E-state index contributed by atoms with van der Waals surface area (Å²) in [7, 11) is 3.20. The molecule has 3 N–H and O–H groups in total. The van der Waals surface area contributed by atoms with Gasteiger partial charge in [-0.1, -0.05) is 12.1 Å². The standard InChI is InChI=1S/C25H21N3O5/c1-13-9-20(29)23(30)24(33-13)22-21(14-5-4-6-15(10-14)31-2)27-25(28-22)18-12-26-19-8-7-16(32-3)11-17(18)19/h4-12,26,30H,1-3H3,(H,27,28). The smallest absolute Gasteiger partial charge is 0.227 e. The molecule has 0 bridgehead atoms. The molecule has 0 atom stereocenters. The first-order valence-electron chi connectivity index (χ1n) is 10.2. The molecule has 2 aromatic carbocycles. The molecular weight excluding hydrogens is 422 g/mol. The SMILES string of the molecule is COc1cccc(-c2nc(-c3c[nH]c4ccc(OC)cc34)[nH]c2-c2oc(C)cc(=O)c2O)c1. The number of hydrogen-bond acceptors (Lipinski definition) is 6. The summed E-state index contributed by atoms with van der Waals surface area (Å²) in [5, 5.41) is 11.4. The Bertz CT molecular complexity index is 1540. The summed E-state index contributed by atoms with van der Waals surface area (Å²) in [4.78, 5) is 23.6. The lowest BCUT2D eigenvalue weighted by atomic mass is 10.1. The summed E-state index contributed by atoms with van der Waals surface area (Å²) in [6.07, 6.45) is 1.84. The predicted molar refractivity (Wildman–Crippen MR) is 125 cm³/mol. The molecule has 0 spiro atoms. The van der Waals surface area contributed by atoms with Gasteiger partial charge in [-0.05, 0) is 37.3 Å². The van der Waals surface area contributed by atoms with Gasteiger partial charge in [0, 0.05) is 34.3 Å². The van der Waals surface area contributed by atoms with Gasteiger partial charge >= 0.3 is 0 Å². The largest absolute Gasteiger partial charge is 0.501 e. The first-order valence-corrected chi connectivity index (χ1v) is 10.2. The van der Waals surface area contributed by atoms with E-state index in [0.29, 0.717) is 34.5 Å². The zero-order chi connectivity index (χ0) is 23.1. The average molecular weight is 443 g/mol. The number of aromatic nitrogens is 3.